The van der Waals surface area contributed by atoms with Crippen LogP contribution in [0.5, 0.6) is 0 Å². The lowest BCUT2D eigenvalue weighted by Crippen LogP contribution is -2.59. The molecule has 4 nitrogen and oxygen atoms in total. The first kappa shape index (κ1) is 21.8. The SMILES string of the molecule is O=C(c1cccc(S(=O)N2CC3(CCC3)C2)c1)N1CC2(CCC3(CC3)CC2)c2cc(Br)ccc21. The first-order valence-electron chi connectivity index (χ1n) is 12.8. The second-order valence-electron chi connectivity index (χ2n) is 11.8. The zero-order chi connectivity index (χ0) is 23.1. The third kappa shape index (κ3) is 3.31. The first-order valence-corrected chi connectivity index (χ1v) is 14.7. The molecule has 2 aromatic rings. The minimum atomic E-state index is -1.19. The van der Waals surface area contributed by atoms with Gasteiger partial charge in [-0.05, 0) is 104 Å². The van der Waals surface area contributed by atoms with E-state index in [0.717, 1.165) is 34.7 Å². The zero-order valence-electron chi connectivity index (χ0n) is 19.5. The number of rotatable bonds is 3. The minimum Gasteiger partial charge on any atom is -0.307 e. The normalized spacial score (nSPS) is 26.2. The van der Waals surface area contributed by atoms with E-state index in [9.17, 15) is 9.00 Å². The van der Waals surface area contributed by atoms with Crippen LogP contribution in [0.1, 0.15) is 73.7 Å². The van der Waals surface area contributed by atoms with Crippen molar-refractivity contribution in [1.29, 1.82) is 0 Å². The summed E-state index contributed by atoms with van der Waals surface area (Å²) in [4.78, 5) is 16.6. The molecule has 3 saturated carbocycles. The molecule has 1 amide bonds. The van der Waals surface area contributed by atoms with Gasteiger partial charge in [0.15, 0.2) is 0 Å². The predicted octanol–water partition coefficient (Wildman–Crippen LogP) is 6.21. The number of carbonyl (C=O) groups is 1. The summed E-state index contributed by atoms with van der Waals surface area (Å²) < 4.78 is 16.4. The van der Waals surface area contributed by atoms with Gasteiger partial charge >= 0.3 is 0 Å². The maximum atomic E-state index is 13.8. The van der Waals surface area contributed by atoms with Crippen molar-refractivity contribution in [2.24, 2.45) is 10.8 Å². The maximum absolute atomic E-state index is 13.8. The lowest BCUT2D eigenvalue weighted by molar-refractivity contribution is -0.00483. The molecule has 34 heavy (non-hydrogen) atoms. The van der Waals surface area contributed by atoms with E-state index in [2.05, 4.69) is 38.4 Å². The molecular weight excluding hydrogens is 508 g/mol. The molecule has 178 valence electrons. The molecule has 1 atom stereocenters. The van der Waals surface area contributed by atoms with Crippen molar-refractivity contribution < 1.29 is 9.00 Å². The van der Waals surface area contributed by atoms with E-state index >= 15 is 0 Å². The van der Waals surface area contributed by atoms with E-state index in [-0.39, 0.29) is 11.3 Å². The van der Waals surface area contributed by atoms with Crippen LogP contribution in [0.2, 0.25) is 0 Å². The van der Waals surface area contributed by atoms with Crippen molar-refractivity contribution in [2.45, 2.75) is 68.1 Å². The Balaban J connectivity index is 1.15. The molecule has 3 aliphatic carbocycles. The highest BCUT2D eigenvalue weighted by atomic mass is 79.9. The Labute approximate surface area is 212 Å². The van der Waals surface area contributed by atoms with Crippen LogP contribution in [-0.2, 0) is 16.4 Å². The molecule has 1 unspecified atom stereocenters. The lowest BCUT2D eigenvalue weighted by Gasteiger charge is -2.54. The molecule has 3 spiro atoms. The molecular formula is C28H31BrN2O2S. The lowest BCUT2D eigenvalue weighted by atomic mass is 9.65. The second kappa shape index (κ2) is 7.50. The summed E-state index contributed by atoms with van der Waals surface area (Å²) >= 11 is 3.68. The number of anilines is 1. The topological polar surface area (TPSA) is 40.6 Å². The third-order valence-electron chi connectivity index (χ3n) is 9.71. The third-order valence-corrected chi connectivity index (χ3v) is 11.6. The van der Waals surface area contributed by atoms with Gasteiger partial charge in [-0.3, -0.25) is 4.79 Å². The smallest absolute Gasteiger partial charge is 0.258 e. The van der Waals surface area contributed by atoms with Crippen LogP contribution in [0, 0.1) is 10.8 Å². The number of halogens is 1. The van der Waals surface area contributed by atoms with Crippen molar-refractivity contribution in [3.63, 3.8) is 0 Å². The van der Waals surface area contributed by atoms with Crippen molar-refractivity contribution in [3.8, 4) is 0 Å². The van der Waals surface area contributed by atoms with Crippen LogP contribution in [-0.4, -0.2) is 34.1 Å². The Kier molecular flexibility index (Phi) is 4.80. The van der Waals surface area contributed by atoms with Gasteiger partial charge < -0.3 is 4.90 Å². The molecule has 2 aliphatic heterocycles. The Bertz CT molecular complexity index is 1200. The van der Waals surface area contributed by atoms with Gasteiger partial charge in [0.05, 0.1) is 4.90 Å². The number of amides is 1. The van der Waals surface area contributed by atoms with E-state index in [1.165, 1.54) is 63.4 Å². The summed E-state index contributed by atoms with van der Waals surface area (Å²) in [5.74, 6) is 0.0325. The number of hydrogen-bond donors (Lipinski definition) is 0. The molecule has 2 aromatic carbocycles. The highest BCUT2D eigenvalue weighted by Gasteiger charge is 2.54. The zero-order valence-corrected chi connectivity index (χ0v) is 21.9. The highest BCUT2D eigenvalue weighted by Crippen LogP contribution is 2.62. The average Bonchev–Trinajstić information content (AvgIpc) is 3.49. The van der Waals surface area contributed by atoms with Gasteiger partial charge in [0.2, 0.25) is 0 Å². The molecule has 2 heterocycles. The van der Waals surface area contributed by atoms with Gasteiger partial charge in [-0.15, -0.1) is 0 Å². The summed E-state index contributed by atoms with van der Waals surface area (Å²) in [5, 5.41) is 0. The van der Waals surface area contributed by atoms with E-state index < -0.39 is 11.0 Å². The largest absolute Gasteiger partial charge is 0.307 e. The van der Waals surface area contributed by atoms with Crippen molar-refractivity contribution in [3.05, 3.63) is 58.1 Å². The molecule has 5 aliphatic rings. The van der Waals surface area contributed by atoms with Gasteiger partial charge in [-0.25, -0.2) is 8.51 Å². The Hall–Kier alpha value is -1.50. The monoisotopic (exact) mass is 538 g/mol. The quantitative estimate of drug-likeness (QED) is 0.466. The van der Waals surface area contributed by atoms with Crippen LogP contribution >= 0.6 is 15.9 Å². The van der Waals surface area contributed by atoms with Gasteiger partial charge in [-0.1, -0.05) is 28.4 Å². The number of carbonyl (C=O) groups excluding carboxylic acids is 1. The number of fused-ring (bicyclic) bond motifs is 2. The fourth-order valence-electron chi connectivity index (χ4n) is 7.04. The molecule has 6 heteroatoms. The molecule has 4 fully saturated rings. The first-order chi connectivity index (χ1) is 16.4. The molecule has 0 bridgehead atoms. The van der Waals surface area contributed by atoms with Crippen LogP contribution in [0.15, 0.2) is 51.8 Å². The molecule has 7 rings (SSSR count). The Morgan fingerprint density at radius 2 is 1.59 bits per heavy atom. The fraction of sp³-hybridized carbons (Fsp3) is 0.536. The highest BCUT2D eigenvalue weighted by molar-refractivity contribution is 9.10. The second-order valence-corrected chi connectivity index (χ2v) is 14.2. The molecule has 0 aromatic heterocycles. The summed E-state index contributed by atoms with van der Waals surface area (Å²) in [5.41, 5.74) is 4.15. The van der Waals surface area contributed by atoms with Crippen molar-refractivity contribution >= 4 is 38.5 Å². The summed E-state index contributed by atoms with van der Waals surface area (Å²) in [6.45, 7) is 2.61. The maximum Gasteiger partial charge on any atom is 0.258 e. The van der Waals surface area contributed by atoms with Crippen LogP contribution in [0.25, 0.3) is 0 Å². The van der Waals surface area contributed by atoms with E-state index in [1.807, 2.05) is 29.2 Å². The predicted molar refractivity (Wildman–Crippen MR) is 138 cm³/mol. The molecule has 0 radical (unpaired) electrons. The summed E-state index contributed by atoms with van der Waals surface area (Å²) in [6, 6.07) is 14.0. The molecule has 1 saturated heterocycles. The van der Waals surface area contributed by atoms with Crippen molar-refractivity contribution in [2.75, 3.05) is 24.5 Å². The van der Waals surface area contributed by atoms with Gasteiger partial charge in [0, 0.05) is 40.8 Å². The number of hydrogen-bond acceptors (Lipinski definition) is 2. The van der Waals surface area contributed by atoms with E-state index in [4.69, 9.17) is 0 Å². The number of benzene rings is 2. The van der Waals surface area contributed by atoms with Crippen molar-refractivity contribution in [1.82, 2.24) is 4.31 Å². The molecule has 0 N–H and O–H groups in total. The van der Waals surface area contributed by atoms with E-state index in [0.29, 0.717) is 16.4 Å². The standard InChI is InChI=1S/C28H31BrN2O2S/c29-21-5-6-24-23(16-21)28(13-11-26(9-10-26)12-14-28)19-31(24)25(32)20-3-1-4-22(15-20)34(33)30-17-27(18-30)7-2-8-27/h1,3-6,15-16H,2,7-14,17-19H2. The van der Waals surface area contributed by atoms with Gasteiger partial charge in [0.25, 0.3) is 5.91 Å². The minimum absolute atomic E-state index is 0.0325. The summed E-state index contributed by atoms with van der Waals surface area (Å²) in [6.07, 6.45) is 11.5. The Morgan fingerprint density at radius 1 is 0.853 bits per heavy atom. The summed E-state index contributed by atoms with van der Waals surface area (Å²) in [7, 11) is -1.19. The van der Waals surface area contributed by atoms with Crippen LogP contribution in [0.3, 0.4) is 0 Å². The van der Waals surface area contributed by atoms with E-state index in [1.54, 1.807) is 0 Å². The number of nitrogens with zero attached hydrogens (tertiary/aromatic N) is 2. The Morgan fingerprint density at radius 3 is 2.26 bits per heavy atom. The average molecular weight is 540 g/mol. The van der Waals surface area contributed by atoms with Crippen LogP contribution in [0.4, 0.5) is 5.69 Å². The fourth-order valence-corrected chi connectivity index (χ4v) is 8.90. The van der Waals surface area contributed by atoms with Crippen LogP contribution < -0.4 is 4.90 Å². The van der Waals surface area contributed by atoms with Gasteiger partial charge in [-0.2, -0.15) is 0 Å². The van der Waals surface area contributed by atoms with Gasteiger partial charge in [0.1, 0.15) is 11.0 Å².